The van der Waals surface area contributed by atoms with Crippen molar-refractivity contribution in [3.63, 3.8) is 0 Å². The molecule has 4 nitrogen and oxygen atoms in total. The van der Waals surface area contributed by atoms with Crippen molar-refractivity contribution in [2.45, 2.75) is 6.18 Å². The molecule has 2 aromatic rings. The van der Waals surface area contributed by atoms with Gasteiger partial charge in [0, 0.05) is 43.9 Å². The van der Waals surface area contributed by atoms with Gasteiger partial charge in [-0.1, -0.05) is 11.6 Å². The van der Waals surface area contributed by atoms with Gasteiger partial charge in [-0.3, -0.25) is 4.40 Å². The Morgan fingerprint density at radius 1 is 1.31 bits per heavy atom. The quantitative estimate of drug-likeness (QED) is 0.800. The summed E-state index contributed by atoms with van der Waals surface area (Å²) in [6.45, 7) is 0. The van der Waals surface area contributed by atoms with E-state index in [4.69, 9.17) is 17.3 Å². The molecule has 0 fully saturated rings. The maximum Gasteiger partial charge on any atom is 0.417 e. The monoisotopic (exact) mass is 276 g/mol. The first kappa shape index (κ1) is 13.8. The van der Waals surface area contributed by atoms with E-state index in [0.717, 1.165) is 16.7 Å². The largest absolute Gasteiger partial charge is 0.417 e. The molecule has 0 amide bonds. The van der Waals surface area contributed by atoms with Crippen molar-refractivity contribution in [2.24, 2.45) is 0 Å². The molecule has 0 spiro atoms. The van der Waals surface area contributed by atoms with Gasteiger partial charge in [0.1, 0.15) is 0 Å². The van der Waals surface area contributed by atoms with Crippen LogP contribution < -0.4 is 5.73 Å². The molecule has 2 rings (SSSR count). The van der Waals surface area contributed by atoms with E-state index in [1.165, 1.54) is 0 Å². The van der Waals surface area contributed by atoms with Crippen molar-refractivity contribution in [1.29, 1.82) is 0 Å². The normalized spacial score (nSPS) is 11.5. The van der Waals surface area contributed by atoms with Crippen LogP contribution in [0.3, 0.4) is 0 Å². The molecule has 0 saturated carbocycles. The predicted octanol–water partition coefficient (Wildman–Crippen LogP) is 1.98. The second-order valence-electron chi connectivity index (χ2n) is 2.83. The number of anilines is 1. The maximum absolute atomic E-state index is 12.4. The van der Waals surface area contributed by atoms with E-state index >= 15 is 0 Å². The molecule has 0 aromatic carbocycles. The van der Waals surface area contributed by atoms with Gasteiger partial charge in [-0.2, -0.15) is 13.2 Å². The van der Waals surface area contributed by atoms with E-state index in [9.17, 15) is 13.2 Å². The fourth-order valence-corrected chi connectivity index (χ4v) is 1.37. The molecule has 0 aliphatic carbocycles. The minimum atomic E-state index is -4.48. The van der Waals surface area contributed by atoms with Crippen LogP contribution in [0.15, 0.2) is 12.3 Å². The second-order valence-corrected chi connectivity index (χ2v) is 3.23. The average Bonchev–Trinajstić information content (AvgIpc) is 2.47. The molecule has 0 aliphatic heterocycles. The molecule has 2 N–H and O–H groups in total. The molecule has 88 valence electrons. The number of aromatic nitrogens is 3. The summed E-state index contributed by atoms with van der Waals surface area (Å²) >= 11 is 5.60. The van der Waals surface area contributed by atoms with Gasteiger partial charge >= 0.3 is 6.18 Å². The van der Waals surface area contributed by atoms with Crippen LogP contribution >= 0.6 is 11.6 Å². The van der Waals surface area contributed by atoms with Crippen LogP contribution in [0.25, 0.3) is 5.65 Å². The van der Waals surface area contributed by atoms with Gasteiger partial charge in [-0.25, -0.2) is 0 Å². The van der Waals surface area contributed by atoms with Gasteiger partial charge in [-0.15, -0.1) is 10.2 Å². The van der Waals surface area contributed by atoms with Crippen LogP contribution in [0.2, 0.25) is 5.02 Å². The van der Waals surface area contributed by atoms with E-state index in [-0.39, 0.29) is 54.4 Å². The first-order chi connectivity index (χ1) is 6.89. The number of alkyl halides is 3. The van der Waals surface area contributed by atoms with E-state index < -0.39 is 11.7 Å². The smallest absolute Gasteiger partial charge is 0.368 e. The summed E-state index contributed by atoms with van der Waals surface area (Å²) in [4.78, 5) is 0. The van der Waals surface area contributed by atoms with Gasteiger partial charge in [0.15, 0.2) is 5.65 Å². The van der Waals surface area contributed by atoms with Gasteiger partial charge in [0.25, 0.3) is 0 Å². The molecule has 2 heterocycles. The summed E-state index contributed by atoms with van der Waals surface area (Å²) in [5.74, 6) is -0.141. The molecular formula is C7H4ArClF3N4. The molecule has 0 saturated heterocycles. The molecular weight excluding hydrogens is 272 g/mol. The Balaban J connectivity index is 0.00000128. The van der Waals surface area contributed by atoms with Crippen molar-refractivity contribution < 1.29 is 50.9 Å². The molecule has 16 heavy (non-hydrogen) atoms. The van der Waals surface area contributed by atoms with Crippen LogP contribution in [0.5, 0.6) is 0 Å². The van der Waals surface area contributed by atoms with E-state index in [2.05, 4.69) is 10.2 Å². The second kappa shape index (κ2) is 4.56. The molecule has 0 atom stereocenters. The van der Waals surface area contributed by atoms with E-state index in [1.54, 1.807) is 0 Å². The van der Waals surface area contributed by atoms with Gasteiger partial charge in [0.05, 0.1) is 10.6 Å². The molecule has 0 aliphatic rings. The summed E-state index contributed by atoms with van der Waals surface area (Å²) in [5.41, 5.74) is 4.52. The molecule has 0 bridgehead atoms. The van der Waals surface area contributed by atoms with Crippen LogP contribution in [-0.2, 0) is 6.18 Å². The summed E-state index contributed by atoms with van der Waals surface area (Å²) in [5, 5.41) is 6.80. The number of nitrogens with two attached hydrogens (primary N) is 1. The summed E-state index contributed by atoms with van der Waals surface area (Å²) in [6, 6.07) is 0.783. The van der Waals surface area contributed by atoms with Crippen molar-refractivity contribution in [1.82, 2.24) is 14.6 Å². The van der Waals surface area contributed by atoms with E-state index in [0.29, 0.717) is 0 Å². The molecule has 0 unspecified atom stereocenters. The van der Waals surface area contributed by atoms with Crippen molar-refractivity contribution in [3.8, 4) is 0 Å². The van der Waals surface area contributed by atoms with Gasteiger partial charge < -0.3 is 5.73 Å². The number of fused-ring (bicyclic) bond motifs is 1. The number of nitrogens with zero attached hydrogens (tertiary/aromatic N) is 3. The fraction of sp³-hybridized carbons (Fsp3) is 0.143. The number of nitrogen functional groups attached to an aromatic ring is 1. The Morgan fingerprint density at radius 2 is 1.94 bits per heavy atom. The van der Waals surface area contributed by atoms with Crippen molar-refractivity contribution in [2.75, 3.05) is 5.73 Å². The Labute approximate surface area is 123 Å². The van der Waals surface area contributed by atoms with Crippen LogP contribution in [0.1, 0.15) is 5.56 Å². The minimum absolute atomic E-state index is 0. The van der Waals surface area contributed by atoms with E-state index in [1.807, 2.05) is 0 Å². The number of hydrogen-bond donors (Lipinski definition) is 1. The van der Waals surface area contributed by atoms with Crippen molar-refractivity contribution in [3.05, 3.63) is 22.8 Å². The van der Waals surface area contributed by atoms with Gasteiger partial charge in [0.2, 0.25) is 5.95 Å². The average molecular weight is 277 g/mol. The topological polar surface area (TPSA) is 56.2 Å². The van der Waals surface area contributed by atoms with Crippen LogP contribution in [-0.4, -0.2) is 14.6 Å². The third-order valence-corrected chi connectivity index (χ3v) is 2.09. The van der Waals surface area contributed by atoms with Crippen LogP contribution in [0, 0.1) is 37.7 Å². The van der Waals surface area contributed by atoms with Crippen molar-refractivity contribution >= 4 is 23.2 Å². The summed E-state index contributed by atoms with van der Waals surface area (Å²) < 4.78 is 38.1. The van der Waals surface area contributed by atoms with Crippen LogP contribution in [0.4, 0.5) is 19.1 Å². The Morgan fingerprint density at radius 3 is 2.50 bits per heavy atom. The predicted molar refractivity (Wildman–Crippen MR) is 47.4 cm³/mol. The number of halogens is 4. The Kier molecular flexibility index (Phi) is 3.94. The first-order valence-electron chi connectivity index (χ1n) is 3.76. The first-order valence-corrected chi connectivity index (χ1v) is 4.14. The zero-order valence-corrected chi connectivity index (χ0v) is 8.90. The molecule has 0 radical (unpaired) electrons. The molecule has 2 aromatic heterocycles. The standard InChI is InChI=1S/C7H4ClF3N4.Ar/c8-4-1-3(7(9,10)11)2-15-5(4)13-14-6(15)12;/h1-2H,(H2,12,14);. The third-order valence-electron chi connectivity index (χ3n) is 1.81. The summed E-state index contributed by atoms with van der Waals surface area (Å²) in [6.07, 6.45) is -3.68. The number of rotatable bonds is 0. The number of hydrogen-bond acceptors (Lipinski definition) is 3. The van der Waals surface area contributed by atoms with Gasteiger partial charge in [-0.05, 0) is 6.07 Å². The maximum atomic E-state index is 12.4. The Bertz CT molecular complexity index is 524. The SMILES string of the molecule is Nc1nnc2c(Cl)cc(C(F)(F)F)cn12.[Ar]. The Hall–Kier alpha value is -0.240. The third kappa shape index (κ3) is 2.37. The summed E-state index contributed by atoms with van der Waals surface area (Å²) in [7, 11) is 0. The molecule has 9 heteroatoms. The minimum Gasteiger partial charge on any atom is -0.368 e. The zero-order valence-electron chi connectivity index (χ0n) is 7.44. The zero-order chi connectivity index (χ0) is 11.2. The number of pyridine rings is 1. The fourth-order valence-electron chi connectivity index (χ4n) is 1.13.